The molecule has 2 amide bonds. The maximum atomic E-state index is 12.7. The third kappa shape index (κ3) is 3.95. The van der Waals surface area contributed by atoms with Crippen LogP contribution < -0.4 is 9.64 Å². The van der Waals surface area contributed by atoms with Crippen LogP contribution in [0, 0.1) is 5.92 Å². The van der Waals surface area contributed by atoms with Crippen molar-refractivity contribution in [2.45, 2.75) is 38.6 Å². The molecule has 2 aliphatic heterocycles. The number of carbonyl (C=O) groups excluding carboxylic acids is 2. The Balaban J connectivity index is 1.72. The summed E-state index contributed by atoms with van der Waals surface area (Å²) in [6, 6.07) is 4.29. The average Bonchev–Trinajstić information content (AvgIpc) is 2.82. The van der Waals surface area contributed by atoms with Gasteiger partial charge in [0, 0.05) is 0 Å². The van der Waals surface area contributed by atoms with Crippen LogP contribution >= 0.6 is 0 Å². The number of ether oxygens (including phenoxy) is 1. The zero-order valence-corrected chi connectivity index (χ0v) is 13.8. The lowest BCUT2D eigenvalue weighted by molar-refractivity contribution is -0.274. The molecule has 8 heteroatoms. The monoisotopic (exact) mass is 356 g/mol. The van der Waals surface area contributed by atoms with E-state index >= 15 is 0 Å². The second kappa shape index (κ2) is 6.67. The summed E-state index contributed by atoms with van der Waals surface area (Å²) in [5.74, 6) is -0.431. The van der Waals surface area contributed by atoms with Crippen molar-refractivity contribution in [1.82, 2.24) is 4.90 Å². The number of amides is 2. The molecule has 2 heterocycles. The maximum Gasteiger partial charge on any atom is 0.573 e. The Morgan fingerprint density at radius 2 is 1.68 bits per heavy atom. The summed E-state index contributed by atoms with van der Waals surface area (Å²) < 4.78 is 40.4. The highest BCUT2D eigenvalue weighted by Crippen LogP contribution is 2.30. The normalized spacial score (nSPS) is 23.4. The van der Waals surface area contributed by atoms with Gasteiger partial charge in [0.05, 0.1) is 18.2 Å². The quantitative estimate of drug-likeness (QED) is 0.782. The number of alkyl halides is 3. The number of carbonyl (C=O) groups is 2. The van der Waals surface area contributed by atoms with Crippen molar-refractivity contribution in [3.8, 4) is 5.75 Å². The van der Waals surface area contributed by atoms with Gasteiger partial charge in [-0.25, -0.2) is 4.90 Å². The predicted molar refractivity (Wildman–Crippen MR) is 84.0 cm³/mol. The van der Waals surface area contributed by atoms with Crippen LogP contribution in [0.5, 0.6) is 5.75 Å². The molecule has 0 radical (unpaired) electrons. The predicted octanol–water partition coefficient (Wildman–Crippen LogP) is 2.95. The van der Waals surface area contributed by atoms with Gasteiger partial charge in [-0.2, -0.15) is 0 Å². The van der Waals surface area contributed by atoms with Crippen molar-refractivity contribution in [2.24, 2.45) is 5.92 Å². The molecule has 2 fully saturated rings. The number of rotatable bonds is 3. The van der Waals surface area contributed by atoms with Gasteiger partial charge >= 0.3 is 6.36 Å². The molecule has 0 unspecified atom stereocenters. The fourth-order valence-corrected chi connectivity index (χ4v) is 3.31. The van der Waals surface area contributed by atoms with Crippen molar-refractivity contribution in [3.63, 3.8) is 0 Å². The summed E-state index contributed by atoms with van der Waals surface area (Å²) in [6.07, 6.45) is -2.70. The Morgan fingerprint density at radius 1 is 1.08 bits per heavy atom. The van der Waals surface area contributed by atoms with Crippen LogP contribution in [0.1, 0.15) is 26.2 Å². The van der Waals surface area contributed by atoms with Crippen LogP contribution in [-0.4, -0.2) is 42.2 Å². The van der Waals surface area contributed by atoms with Gasteiger partial charge in [-0.3, -0.25) is 14.5 Å². The van der Waals surface area contributed by atoms with E-state index in [1.807, 2.05) is 4.90 Å². The maximum absolute atomic E-state index is 12.7. The minimum absolute atomic E-state index is 0.105. The molecule has 25 heavy (non-hydrogen) atoms. The number of anilines is 1. The molecule has 5 nitrogen and oxygen atoms in total. The van der Waals surface area contributed by atoms with Crippen molar-refractivity contribution < 1.29 is 27.5 Å². The summed E-state index contributed by atoms with van der Waals surface area (Å²) in [5.41, 5.74) is 0.261. The molecule has 3 rings (SSSR count). The molecule has 0 aromatic heterocycles. The minimum Gasteiger partial charge on any atom is -0.406 e. The highest BCUT2D eigenvalue weighted by molar-refractivity contribution is 6.22. The first kappa shape index (κ1) is 17.7. The summed E-state index contributed by atoms with van der Waals surface area (Å²) in [6.45, 7) is 3.71. The van der Waals surface area contributed by atoms with Crippen LogP contribution in [-0.2, 0) is 9.59 Å². The van der Waals surface area contributed by atoms with Crippen molar-refractivity contribution in [3.05, 3.63) is 24.3 Å². The number of halogens is 3. The van der Waals surface area contributed by atoms with Gasteiger partial charge in [0.25, 0.3) is 5.91 Å². The van der Waals surface area contributed by atoms with E-state index < -0.39 is 18.2 Å². The Bertz CT molecular complexity index is 652. The summed E-state index contributed by atoms with van der Waals surface area (Å²) in [5, 5.41) is 0. The fourth-order valence-electron chi connectivity index (χ4n) is 3.31. The summed E-state index contributed by atoms with van der Waals surface area (Å²) in [7, 11) is 0. The molecule has 1 aromatic rings. The molecule has 0 bridgehead atoms. The number of likely N-dealkylation sites (tertiary alicyclic amines) is 1. The molecule has 0 aliphatic carbocycles. The van der Waals surface area contributed by atoms with Gasteiger partial charge in [-0.05, 0) is 56.1 Å². The number of piperidine rings is 1. The van der Waals surface area contributed by atoms with E-state index in [2.05, 4.69) is 11.7 Å². The smallest absolute Gasteiger partial charge is 0.406 e. The van der Waals surface area contributed by atoms with Crippen LogP contribution in [0.2, 0.25) is 0 Å². The number of nitrogens with zero attached hydrogens (tertiary/aromatic N) is 2. The van der Waals surface area contributed by atoms with E-state index in [1.165, 1.54) is 12.1 Å². The van der Waals surface area contributed by atoms with E-state index in [4.69, 9.17) is 0 Å². The first-order valence-corrected chi connectivity index (χ1v) is 8.21. The molecule has 0 saturated carbocycles. The van der Waals surface area contributed by atoms with Gasteiger partial charge in [-0.1, -0.05) is 6.92 Å². The highest BCUT2D eigenvalue weighted by Gasteiger charge is 2.43. The van der Waals surface area contributed by atoms with Gasteiger partial charge in [0.2, 0.25) is 5.91 Å². The third-order valence-electron chi connectivity index (χ3n) is 4.71. The SMILES string of the molecule is CC1CCN([C@H]2CC(=O)N(c3ccc(OC(F)(F)F)cc3)C2=O)CC1. The lowest BCUT2D eigenvalue weighted by atomic mass is 9.97. The van der Waals surface area contributed by atoms with Gasteiger partial charge in [0.1, 0.15) is 5.75 Å². The Labute approximate surface area is 143 Å². The van der Waals surface area contributed by atoms with Crippen molar-refractivity contribution >= 4 is 17.5 Å². The topological polar surface area (TPSA) is 49.9 Å². The fraction of sp³-hybridized carbons (Fsp3) is 0.529. The molecule has 2 aliphatic rings. The third-order valence-corrected chi connectivity index (χ3v) is 4.71. The molecule has 1 aromatic carbocycles. The average molecular weight is 356 g/mol. The largest absolute Gasteiger partial charge is 0.573 e. The zero-order valence-electron chi connectivity index (χ0n) is 13.8. The van der Waals surface area contributed by atoms with Crippen molar-refractivity contribution in [2.75, 3.05) is 18.0 Å². The first-order valence-electron chi connectivity index (χ1n) is 8.21. The lowest BCUT2D eigenvalue weighted by Gasteiger charge is -2.33. The minimum atomic E-state index is -4.78. The van der Waals surface area contributed by atoms with E-state index in [1.54, 1.807) is 0 Å². The van der Waals surface area contributed by atoms with Crippen LogP contribution in [0.3, 0.4) is 0 Å². The van der Waals surface area contributed by atoms with Gasteiger partial charge < -0.3 is 4.74 Å². The lowest BCUT2D eigenvalue weighted by Crippen LogP contribution is -2.45. The molecule has 2 saturated heterocycles. The zero-order chi connectivity index (χ0) is 18.2. The standard InChI is InChI=1S/C17H19F3N2O3/c1-11-6-8-21(9-7-11)14-10-15(23)22(16(14)24)12-2-4-13(5-3-12)25-17(18,19)20/h2-5,11,14H,6-10H2,1H3/t14-/m0/s1. The van der Waals surface area contributed by atoms with Crippen LogP contribution in [0.25, 0.3) is 0 Å². The van der Waals surface area contributed by atoms with E-state index in [-0.39, 0.29) is 23.9 Å². The highest BCUT2D eigenvalue weighted by atomic mass is 19.4. The number of hydrogen-bond acceptors (Lipinski definition) is 4. The van der Waals surface area contributed by atoms with Gasteiger partial charge in [0.15, 0.2) is 0 Å². The Morgan fingerprint density at radius 3 is 2.24 bits per heavy atom. The molecule has 0 spiro atoms. The van der Waals surface area contributed by atoms with Crippen molar-refractivity contribution in [1.29, 1.82) is 0 Å². The van der Waals surface area contributed by atoms with Crippen LogP contribution in [0.15, 0.2) is 24.3 Å². The number of hydrogen-bond donors (Lipinski definition) is 0. The summed E-state index contributed by atoms with van der Waals surface area (Å²) >= 11 is 0. The molecular weight excluding hydrogens is 337 g/mol. The number of imide groups is 1. The van der Waals surface area contributed by atoms with E-state index in [0.717, 1.165) is 43.0 Å². The van der Waals surface area contributed by atoms with E-state index in [9.17, 15) is 22.8 Å². The molecule has 1 atom stereocenters. The first-order chi connectivity index (χ1) is 11.7. The van der Waals surface area contributed by atoms with E-state index in [0.29, 0.717) is 5.92 Å². The molecule has 136 valence electrons. The summed E-state index contributed by atoms with van der Waals surface area (Å²) in [4.78, 5) is 28.0. The Hall–Kier alpha value is -2.09. The Kier molecular flexibility index (Phi) is 4.73. The van der Waals surface area contributed by atoms with Gasteiger partial charge in [-0.15, -0.1) is 13.2 Å². The number of benzene rings is 1. The second-order valence-corrected chi connectivity index (χ2v) is 6.55. The van der Waals surface area contributed by atoms with Crippen LogP contribution in [0.4, 0.5) is 18.9 Å². The molecule has 0 N–H and O–H groups in total. The molecular formula is C17H19F3N2O3. The second-order valence-electron chi connectivity index (χ2n) is 6.55.